The molecule has 6 nitrogen and oxygen atoms in total. The highest BCUT2D eigenvalue weighted by Gasteiger charge is 2.37. The fraction of sp³-hybridized carbons (Fsp3) is 0.0926. The first-order valence-electron chi connectivity index (χ1n) is 20.6. The summed E-state index contributed by atoms with van der Waals surface area (Å²) in [6, 6.07) is 56.1. The third-order valence-electron chi connectivity index (χ3n) is 12.5. The molecule has 1 unspecified atom stereocenters. The Balaban J connectivity index is 1.09. The molecule has 1 aliphatic heterocycles. The van der Waals surface area contributed by atoms with Gasteiger partial charge in [0.25, 0.3) is 0 Å². The van der Waals surface area contributed by atoms with Crippen LogP contribution in [0.15, 0.2) is 186 Å². The average molecular weight is 774 g/mol. The van der Waals surface area contributed by atoms with Crippen molar-refractivity contribution in [2.45, 2.75) is 31.6 Å². The van der Waals surface area contributed by atoms with Crippen molar-refractivity contribution in [1.82, 2.24) is 19.5 Å². The number of benzene rings is 7. The van der Waals surface area contributed by atoms with E-state index >= 15 is 0 Å². The van der Waals surface area contributed by atoms with Crippen molar-refractivity contribution in [3.05, 3.63) is 199 Å². The smallest absolute Gasteiger partial charge is 0.235 e. The van der Waals surface area contributed by atoms with E-state index in [4.69, 9.17) is 19.4 Å². The number of para-hydroxylation sites is 3. The minimum atomic E-state index is -0.226. The Kier molecular flexibility index (Phi) is 7.60. The molecule has 0 radical (unpaired) electrons. The zero-order valence-corrected chi connectivity index (χ0v) is 33.2. The highest BCUT2D eigenvalue weighted by Crippen LogP contribution is 2.52. The zero-order valence-electron chi connectivity index (χ0n) is 33.2. The number of hydrogen-bond acceptors (Lipinski definition) is 5. The molecule has 0 bridgehead atoms. The summed E-state index contributed by atoms with van der Waals surface area (Å²) in [6.07, 6.45) is 9.33. The summed E-state index contributed by atoms with van der Waals surface area (Å²) in [7, 11) is 0. The van der Waals surface area contributed by atoms with E-state index in [0.29, 0.717) is 11.8 Å². The predicted molar refractivity (Wildman–Crippen MR) is 245 cm³/mol. The van der Waals surface area contributed by atoms with E-state index < -0.39 is 0 Å². The molecule has 0 saturated heterocycles. The molecule has 10 aromatic rings. The molecule has 7 aromatic carbocycles. The Morgan fingerprint density at radius 3 is 2.18 bits per heavy atom. The van der Waals surface area contributed by atoms with Crippen molar-refractivity contribution in [1.29, 1.82) is 0 Å². The molecule has 0 fully saturated rings. The van der Waals surface area contributed by atoms with Gasteiger partial charge in [0.05, 0.1) is 34.0 Å². The Hall–Kier alpha value is -7.57. The Bertz CT molecular complexity index is 3390. The lowest BCUT2D eigenvalue weighted by Crippen LogP contribution is -2.30. The van der Waals surface area contributed by atoms with Crippen LogP contribution in [0, 0.1) is 0 Å². The third kappa shape index (κ3) is 5.23. The van der Waals surface area contributed by atoms with E-state index in [1.54, 1.807) is 0 Å². The summed E-state index contributed by atoms with van der Waals surface area (Å²) in [4.78, 5) is 18.1. The number of nitrogens with zero attached hydrogens (tertiary/aromatic N) is 5. The van der Waals surface area contributed by atoms with E-state index in [-0.39, 0.29) is 11.3 Å². The topological polar surface area (TPSA) is 60.0 Å². The highest BCUT2D eigenvalue weighted by atomic mass is 16.3. The summed E-state index contributed by atoms with van der Waals surface area (Å²) < 4.78 is 9.00. The van der Waals surface area contributed by atoms with Crippen LogP contribution < -0.4 is 4.90 Å². The summed E-state index contributed by atoms with van der Waals surface area (Å²) in [5.41, 5.74) is 14.5. The van der Waals surface area contributed by atoms with Crippen LogP contribution in [0.25, 0.3) is 72.1 Å². The van der Waals surface area contributed by atoms with Gasteiger partial charge in [-0.25, -0.2) is 15.0 Å². The number of aromatic nitrogens is 4. The van der Waals surface area contributed by atoms with Crippen molar-refractivity contribution >= 4 is 60.9 Å². The average Bonchev–Trinajstić information content (AvgIpc) is 3.89. The van der Waals surface area contributed by atoms with Crippen LogP contribution in [0.5, 0.6) is 0 Å². The maximum Gasteiger partial charge on any atom is 0.235 e. The van der Waals surface area contributed by atoms with Crippen LogP contribution >= 0.6 is 0 Å². The fourth-order valence-corrected chi connectivity index (χ4v) is 9.53. The van der Waals surface area contributed by atoms with Gasteiger partial charge in [-0.2, -0.15) is 0 Å². The number of rotatable bonds is 5. The molecule has 12 rings (SSSR count). The van der Waals surface area contributed by atoms with Gasteiger partial charge >= 0.3 is 0 Å². The van der Waals surface area contributed by atoms with Gasteiger partial charge in [-0.1, -0.05) is 135 Å². The molecule has 1 atom stereocenters. The molecule has 1 aliphatic carbocycles. The lowest BCUT2D eigenvalue weighted by Gasteiger charge is -2.42. The van der Waals surface area contributed by atoms with Crippen LogP contribution in [0.2, 0.25) is 0 Å². The minimum Gasteiger partial charge on any atom is -0.438 e. The Morgan fingerprint density at radius 2 is 1.33 bits per heavy atom. The second kappa shape index (κ2) is 13.2. The minimum absolute atomic E-state index is 0.0709. The van der Waals surface area contributed by atoms with Crippen LogP contribution in [0.4, 0.5) is 17.1 Å². The molecule has 4 heterocycles. The summed E-state index contributed by atoms with van der Waals surface area (Å²) >= 11 is 0. The van der Waals surface area contributed by atoms with E-state index in [9.17, 15) is 0 Å². The standard InChI is InChI=1S/C54H39N5O/c1-54(2)42-23-13-15-25-47(42)58(38-20-10-5-11-21-38)48-31-27-37(33-43(48)54)36-26-30-46-41(32-36)39-28-29-45-51(60-52(55-45)35-18-8-4-9-19-35)50(39)59(46)53-56-44-24-14-12-22-40(44)49(57-53)34-16-6-3-7-17-34/h3-18,20-33,35H,19H2,1-2H3. The van der Waals surface area contributed by atoms with Crippen LogP contribution in [0.1, 0.15) is 43.2 Å². The first-order valence-corrected chi connectivity index (χ1v) is 20.6. The Labute approximate surface area is 347 Å². The summed E-state index contributed by atoms with van der Waals surface area (Å²) in [5.74, 6) is 1.37. The van der Waals surface area contributed by atoms with E-state index in [1.807, 2.05) is 18.2 Å². The molecule has 286 valence electrons. The number of anilines is 3. The van der Waals surface area contributed by atoms with Crippen molar-refractivity contribution in [3.63, 3.8) is 0 Å². The van der Waals surface area contributed by atoms with Gasteiger partial charge in [-0.05, 0) is 89.3 Å². The monoisotopic (exact) mass is 773 g/mol. The summed E-state index contributed by atoms with van der Waals surface area (Å²) in [6.45, 7) is 4.69. The quantitative estimate of drug-likeness (QED) is 0.174. The molecule has 0 spiro atoms. The van der Waals surface area contributed by atoms with E-state index in [1.165, 1.54) is 22.5 Å². The van der Waals surface area contributed by atoms with Crippen molar-refractivity contribution in [2.75, 3.05) is 4.90 Å². The van der Waals surface area contributed by atoms with Gasteiger partial charge in [0, 0.05) is 32.8 Å². The lowest BCUT2D eigenvalue weighted by atomic mass is 9.73. The Morgan fingerprint density at radius 1 is 0.583 bits per heavy atom. The summed E-state index contributed by atoms with van der Waals surface area (Å²) in [5, 5.41) is 3.15. The second-order valence-electron chi connectivity index (χ2n) is 16.4. The van der Waals surface area contributed by atoms with Gasteiger partial charge in [-0.3, -0.25) is 4.57 Å². The molecular weight excluding hydrogens is 735 g/mol. The first-order chi connectivity index (χ1) is 29.5. The largest absolute Gasteiger partial charge is 0.438 e. The maximum absolute atomic E-state index is 6.81. The number of allylic oxidation sites excluding steroid dienone is 4. The fourth-order valence-electron chi connectivity index (χ4n) is 9.53. The molecule has 3 aromatic heterocycles. The number of hydrogen-bond donors (Lipinski definition) is 0. The second-order valence-corrected chi connectivity index (χ2v) is 16.4. The molecule has 6 heteroatoms. The van der Waals surface area contributed by atoms with Gasteiger partial charge in [0.1, 0.15) is 11.0 Å². The predicted octanol–water partition coefficient (Wildman–Crippen LogP) is 13.9. The van der Waals surface area contributed by atoms with Crippen LogP contribution in [-0.4, -0.2) is 19.5 Å². The molecule has 2 aliphatic rings. The molecular formula is C54H39N5O. The van der Waals surface area contributed by atoms with E-state index in [0.717, 1.165) is 78.3 Å². The SMILES string of the molecule is CC1(C)c2ccccc2N(c2ccccc2)c2ccc(-c3ccc4c(c3)c3ccc5nc(C6C=CC=CC6)oc5c3n4-c3nc(-c4ccccc4)c4ccccc4n3)cc21. The van der Waals surface area contributed by atoms with Gasteiger partial charge in [0.15, 0.2) is 5.58 Å². The normalized spacial score (nSPS) is 15.6. The molecule has 0 N–H and O–H groups in total. The maximum atomic E-state index is 6.81. The van der Waals surface area contributed by atoms with Crippen LogP contribution in [-0.2, 0) is 5.41 Å². The zero-order chi connectivity index (χ0) is 40.0. The first kappa shape index (κ1) is 34.5. The van der Waals surface area contributed by atoms with Crippen molar-refractivity contribution in [3.8, 4) is 28.3 Å². The van der Waals surface area contributed by atoms with Crippen molar-refractivity contribution < 1.29 is 4.42 Å². The third-order valence-corrected chi connectivity index (χ3v) is 12.5. The molecule has 0 saturated carbocycles. The number of fused-ring (bicyclic) bond motifs is 8. The van der Waals surface area contributed by atoms with Crippen molar-refractivity contribution in [2.24, 2.45) is 0 Å². The van der Waals surface area contributed by atoms with Gasteiger partial charge in [0.2, 0.25) is 11.8 Å². The number of oxazole rings is 1. The highest BCUT2D eigenvalue weighted by molar-refractivity contribution is 6.17. The van der Waals surface area contributed by atoms with Crippen LogP contribution in [0.3, 0.4) is 0 Å². The van der Waals surface area contributed by atoms with Gasteiger partial charge in [-0.15, -0.1) is 0 Å². The lowest BCUT2D eigenvalue weighted by molar-refractivity contribution is 0.506. The molecule has 60 heavy (non-hydrogen) atoms. The molecule has 0 amide bonds. The van der Waals surface area contributed by atoms with Gasteiger partial charge < -0.3 is 9.32 Å². The van der Waals surface area contributed by atoms with E-state index in [2.05, 4.69) is 187 Å².